The summed E-state index contributed by atoms with van der Waals surface area (Å²) < 4.78 is 0. The Balaban J connectivity index is 0.000000490. The maximum absolute atomic E-state index is 10.3. The predicted octanol–water partition coefficient (Wildman–Crippen LogP) is -0.745. The Morgan fingerprint density at radius 1 is 1.75 bits per heavy atom. The van der Waals surface area contributed by atoms with Crippen molar-refractivity contribution >= 4 is 18.3 Å². The number of hydrogen-bond acceptors (Lipinski definition) is 2. The van der Waals surface area contributed by atoms with E-state index in [9.17, 15) is 4.79 Å². The van der Waals surface area contributed by atoms with Crippen LogP contribution in [-0.2, 0) is 4.79 Å². The van der Waals surface area contributed by atoms with Gasteiger partial charge in [-0.05, 0) is 0 Å². The zero-order valence-corrected chi connectivity index (χ0v) is 5.20. The summed E-state index contributed by atoms with van der Waals surface area (Å²) in [5, 5.41) is 2.61. The molecule has 1 heterocycles. The standard InChI is InChI=1S/C4H8N2O.ClH/c5-3-1-4(7)6-2-3;/h3H,1-2,5H2,(H,6,7);1H/t3-;/m0./s1. The summed E-state index contributed by atoms with van der Waals surface area (Å²) >= 11 is 0. The van der Waals surface area contributed by atoms with Gasteiger partial charge in [0.25, 0.3) is 0 Å². The summed E-state index contributed by atoms with van der Waals surface area (Å²) in [5.74, 6) is 0.0764. The van der Waals surface area contributed by atoms with Gasteiger partial charge in [-0.25, -0.2) is 0 Å². The van der Waals surface area contributed by atoms with Crippen LogP contribution in [0.2, 0.25) is 0 Å². The van der Waals surface area contributed by atoms with E-state index in [1.165, 1.54) is 0 Å². The highest BCUT2D eigenvalue weighted by Gasteiger charge is 2.15. The summed E-state index contributed by atoms with van der Waals surface area (Å²) in [6.07, 6.45) is 0.500. The molecular formula is C4H9ClN2O. The van der Waals surface area contributed by atoms with E-state index in [4.69, 9.17) is 5.73 Å². The molecule has 1 amide bonds. The second-order valence-corrected chi connectivity index (χ2v) is 1.77. The van der Waals surface area contributed by atoms with Crippen molar-refractivity contribution < 1.29 is 4.79 Å². The molecule has 0 aliphatic carbocycles. The molecule has 3 N–H and O–H groups in total. The number of hydrogen-bond donors (Lipinski definition) is 2. The molecule has 1 fully saturated rings. The molecule has 0 unspecified atom stereocenters. The zero-order chi connectivity index (χ0) is 5.28. The van der Waals surface area contributed by atoms with E-state index < -0.39 is 0 Å². The van der Waals surface area contributed by atoms with E-state index in [1.54, 1.807) is 0 Å². The molecule has 4 heteroatoms. The Bertz CT molecular complexity index is 96.0. The molecule has 1 rings (SSSR count). The molecule has 0 aromatic heterocycles. The first-order valence-electron chi connectivity index (χ1n) is 2.31. The molecule has 1 atom stereocenters. The minimum atomic E-state index is 0. The molecule has 8 heavy (non-hydrogen) atoms. The Morgan fingerprint density at radius 2 is 2.38 bits per heavy atom. The summed E-state index contributed by atoms with van der Waals surface area (Å²) in [7, 11) is 0. The van der Waals surface area contributed by atoms with Crippen LogP contribution in [0.25, 0.3) is 0 Å². The fourth-order valence-corrected chi connectivity index (χ4v) is 0.627. The highest BCUT2D eigenvalue weighted by Crippen LogP contribution is 1.92. The van der Waals surface area contributed by atoms with Gasteiger partial charge in [-0.2, -0.15) is 0 Å². The Morgan fingerprint density at radius 3 is 2.50 bits per heavy atom. The van der Waals surface area contributed by atoms with Crippen LogP contribution in [0.4, 0.5) is 0 Å². The molecule has 0 aromatic carbocycles. The monoisotopic (exact) mass is 136 g/mol. The van der Waals surface area contributed by atoms with Crippen LogP contribution in [0.1, 0.15) is 6.42 Å². The minimum Gasteiger partial charge on any atom is -0.354 e. The van der Waals surface area contributed by atoms with Gasteiger partial charge in [0, 0.05) is 19.0 Å². The molecule has 1 aliphatic rings. The molecule has 0 saturated carbocycles. The second-order valence-electron chi connectivity index (χ2n) is 1.77. The highest BCUT2D eigenvalue weighted by molar-refractivity contribution is 5.85. The van der Waals surface area contributed by atoms with Crippen LogP contribution in [0.5, 0.6) is 0 Å². The zero-order valence-electron chi connectivity index (χ0n) is 4.39. The van der Waals surface area contributed by atoms with E-state index in [0.717, 1.165) is 0 Å². The lowest BCUT2D eigenvalue weighted by molar-refractivity contribution is -0.119. The van der Waals surface area contributed by atoms with E-state index in [0.29, 0.717) is 13.0 Å². The predicted molar refractivity (Wildman–Crippen MR) is 32.9 cm³/mol. The van der Waals surface area contributed by atoms with Crippen molar-refractivity contribution in [1.29, 1.82) is 0 Å². The number of halogens is 1. The Kier molecular flexibility index (Phi) is 2.79. The van der Waals surface area contributed by atoms with Gasteiger partial charge < -0.3 is 11.1 Å². The van der Waals surface area contributed by atoms with E-state index in [1.807, 2.05) is 0 Å². The fourth-order valence-electron chi connectivity index (χ4n) is 0.627. The van der Waals surface area contributed by atoms with Crippen molar-refractivity contribution in [2.75, 3.05) is 6.54 Å². The lowest BCUT2D eigenvalue weighted by Crippen LogP contribution is -2.22. The smallest absolute Gasteiger partial charge is 0.221 e. The lowest BCUT2D eigenvalue weighted by atomic mass is 10.3. The van der Waals surface area contributed by atoms with Gasteiger partial charge >= 0.3 is 0 Å². The number of nitrogens with one attached hydrogen (secondary N) is 1. The van der Waals surface area contributed by atoms with Crippen LogP contribution in [0, 0.1) is 0 Å². The largest absolute Gasteiger partial charge is 0.354 e. The second kappa shape index (κ2) is 2.89. The number of rotatable bonds is 0. The molecule has 1 aliphatic heterocycles. The normalized spacial score (nSPS) is 26.6. The van der Waals surface area contributed by atoms with Gasteiger partial charge in [0.05, 0.1) is 0 Å². The van der Waals surface area contributed by atoms with Gasteiger partial charge in [0.15, 0.2) is 0 Å². The topological polar surface area (TPSA) is 55.1 Å². The summed E-state index contributed by atoms with van der Waals surface area (Å²) in [6, 6.07) is 0.0625. The van der Waals surface area contributed by atoms with E-state index in [-0.39, 0.29) is 24.4 Å². The van der Waals surface area contributed by atoms with Crippen LogP contribution in [-0.4, -0.2) is 18.5 Å². The summed E-state index contributed by atoms with van der Waals surface area (Å²) in [4.78, 5) is 10.3. The van der Waals surface area contributed by atoms with Gasteiger partial charge in [-0.1, -0.05) is 0 Å². The van der Waals surface area contributed by atoms with Gasteiger partial charge in [-0.15, -0.1) is 12.4 Å². The van der Waals surface area contributed by atoms with Gasteiger partial charge in [0.1, 0.15) is 0 Å². The number of carbonyl (C=O) groups is 1. The van der Waals surface area contributed by atoms with Crippen molar-refractivity contribution in [2.45, 2.75) is 12.5 Å². The van der Waals surface area contributed by atoms with Crippen molar-refractivity contribution in [1.82, 2.24) is 5.32 Å². The first kappa shape index (κ1) is 7.72. The van der Waals surface area contributed by atoms with Crippen molar-refractivity contribution in [2.24, 2.45) is 5.73 Å². The number of carbonyl (C=O) groups excluding carboxylic acids is 1. The van der Waals surface area contributed by atoms with Crippen molar-refractivity contribution in [3.05, 3.63) is 0 Å². The lowest BCUT2D eigenvalue weighted by Gasteiger charge is -1.90. The van der Waals surface area contributed by atoms with Crippen LogP contribution in [0.3, 0.4) is 0 Å². The fraction of sp³-hybridized carbons (Fsp3) is 0.750. The van der Waals surface area contributed by atoms with Gasteiger partial charge in [0.2, 0.25) is 5.91 Å². The minimum absolute atomic E-state index is 0. The molecule has 1 saturated heterocycles. The van der Waals surface area contributed by atoms with Crippen molar-refractivity contribution in [3.63, 3.8) is 0 Å². The molecular weight excluding hydrogens is 128 g/mol. The summed E-state index contributed by atoms with van der Waals surface area (Å²) in [5.41, 5.74) is 5.34. The molecule has 0 radical (unpaired) electrons. The van der Waals surface area contributed by atoms with E-state index in [2.05, 4.69) is 5.32 Å². The van der Waals surface area contributed by atoms with Crippen LogP contribution >= 0.6 is 12.4 Å². The summed E-state index contributed by atoms with van der Waals surface area (Å²) in [6.45, 7) is 0.652. The average molecular weight is 137 g/mol. The third-order valence-corrected chi connectivity index (χ3v) is 1.01. The molecule has 0 bridgehead atoms. The number of amides is 1. The maximum Gasteiger partial charge on any atom is 0.221 e. The average Bonchev–Trinajstić information content (AvgIpc) is 1.87. The third-order valence-electron chi connectivity index (χ3n) is 1.01. The highest BCUT2D eigenvalue weighted by atomic mass is 35.5. The Hall–Kier alpha value is -0.280. The van der Waals surface area contributed by atoms with Gasteiger partial charge in [-0.3, -0.25) is 4.79 Å². The first-order chi connectivity index (χ1) is 3.29. The maximum atomic E-state index is 10.3. The Labute approximate surface area is 54.0 Å². The first-order valence-corrected chi connectivity index (χ1v) is 2.31. The SMILES string of the molecule is Cl.N[C@@H]1CNC(=O)C1. The molecule has 0 aromatic rings. The number of nitrogens with two attached hydrogens (primary N) is 1. The molecule has 0 spiro atoms. The van der Waals surface area contributed by atoms with Crippen molar-refractivity contribution in [3.8, 4) is 0 Å². The van der Waals surface area contributed by atoms with Crippen LogP contribution < -0.4 is 11.1 Å². The third kappa shape index (κ3) is 1.68. The van der Waals surface area contributed by atoms with E-state index >= 15 is 0 Å². The molecule has 48 valence electrons. The quantitative estimate of drug-likeness (QED) is 0.461. The van der Waals surface area contributed by atoms with Crippen LogP contribution in [0.15, 0.2) is 0 Å². The molecule has 3 nitrogen and oxygen atoms in total.